The summed E-state index contributed by atoms with van der Waals surface area (Å²) in [6.07, 6.45) is -1.99. The zero-order valence-corrected chi connectivity index (χ0v) is 20.1. The number of carbonyl (C=O) groups excluding carboxylic acids is 2. The highest BCUT2D eigenvalue weighted by atomic mass is 19.4. The fourth-order valence-corrected chi connectivity index (χ4v) is 3.55. The Hall–Kier alpha value is -4.93. The predicted molar refractivity (Wildman–Crippen MR) is 135 cm³/mol. The molecule has 0 aliphatic rings. The molecule has 0 saturated heterocycles. The van der Waals surface area contributed by atoms with Gasteiger partial charge in [0, 0.05) is 17.1 Å². The van der Waals surface area contributed by atoms with Gasteiger partial charge in [-0.2, -0.15) is 0 Å². The topological polar surface area (TPSA) is 99.0 Å². The van der Waals surface area contributed by atoms with Crippen LogP contribution in [0.15, 0.2) is 77.2 Å². The number of methoxy groups -OCH3 is 2. The van der Waals surface area contributed by atoms with Crippen LogP contribution in [0.3, 0.4) is 0 Å². The first-order chi connectivity index (χ1) is 18.2. The molecule has 0 spiro atoms. The van der Waals surface area contributed by atoms with E-state index in [0.29, 0.717) is 28.0 Å². The Bertz CT molecular complexity index is 1490. The number of hydrogen-bond acceptors (Lipinski definition) is 6. The van der Waals surface area contributed by atoms with Crippen LogP contribution in [0.2, 0.25) is 0 Å². The van der Waals surface area contributed by atoms with E-state index < -0.39 is 23.9 Å². The lowest BCUT2D eigenvalue weighted by Crippen LogP contribution is -2.17. The molecule has 1 aromatic heterocycles. The molecule has 4 aromatic rings. The molecule has 196 valence electrons. The third-order valence-electron chi connectivity index (χ3n) is 5.23. The molecule has 0 atom stereocenters. The minimum Gasteiger partial charge on any atom is -0.493 e. The third-order valence-corrected chi connectivity index (χ3v) is 5.23. The SMILES string of the molecule is COc1ccc(/C=C/C(=O)Nc2c(C(=O)Nc3ccc(OC(F)(F)F)cc3)oc3ccccc23)cc1OC. The molecule has 8 nitrogen and oxygen atoms in total. The molecule has 0 saturated carbocycles. The van der Waals surface area contributed by atoms with E-state index in [9.17, 15) is 22.8 Å². The maximum Gasteiger partial charge on any atom is 0.573 e. The number of carbonyl (C=O) groups is 2. The molecule has 0 unspecified atom stereocenters. The number of fused-ring (bicyclic) bond motifs is 1. The maximum absolute atomic E-state index is 13.0. The summed E-state index contributed by atoms with van der Waals surface area (Å²) in [5.41, 5.74) is 1.35. The van der Waals surface area contributed by atoms with Crippen LogP contribution in [0.1, 0.15) is 16.1 Å². The molecule has 3 aromatic carbocycles. The molecule has 0 aliphatic heterocycles. The second-order valence-corrected chi connectivity index (χ2v) is 7.77. The van der Waals surface area contributed by atoms with Crippen LogP contribution in [0.5, 0.6) is 17.2 Å². The molecule has 4 rings (SSSR count). The van der Waals surface area contributed by atoms with Gasteiger partial charge in [-0.15, -0.1) is 13.2 Å². The Morgan fingerprint density at radius 1 is 0.895 bits per heavy atom. The predicted octanol–water partition coefficient (Wildman–Crippen LogP) is 6.25. The third kappa shape index (κ3) is 6.25. The number of ether oxygens (including phenoxy) is 3. The maximum atomic E-state index is 13.0. The van der Waals surface area contributed by atoms with Crippen LogP contribution < -0.4 is 24.8 Å². The first-order valence-electron chi connectivity index (χ1n) is 11.1. The summed E-state index contributed by atoms with van der Waals surface area (Å²) in [5.74, 6) is -0.841. The van der Waals surface area contributed by atoms with E-state index in [4.69, 9.17) is 13.9 Å². The highest BCUT2D eigenvalue weighted by Gasteiger charge is 2.31. The van der Waals surface area contributed by atoms with Crippen LogP contribution in [0.4, 0.5) is 24.5 Å². The second kappa shape index (κ2) is 11.0. The molecule has 38 heavy (non-hydrogen) atoms. The number of rotatable bonds is 8. The van der Waals surface area contributed by atoms with Gasteiger partial charge in [0.1, 0.15) is 17.0 Å². The van der Waals surface area contributed by atoms with Crippen molar-refractivity contribution < 1.29 is 41.4 Å². The number of furan rings is 1. The van der Waals surface area contributed by atoms with Crippen LogP contribution >= 0.6 is 0 Å². The number of benzene rings is 3. The van der Waals surface area contributed by atoms with Gasteiger partial charge in [0.2, 0.25) is 11.7 Å². The van der Waals surface area contributed by atoms with Crippen LogP contribution in [-0.2, 0) is 4.79 Å². The van der Waals surface area contributed by atoms with Crippen molar-refractivity contribution >= 4 is 40.2 Å². The van der Waals surface area contributed by atoms with Gasteiger partial charge in [-0.25, -0.2) is 0 Å². The van der Waals surface area contributed by atoms with Gasteiger partial charge in [-0.3, -0.25) is 9.59 Å². The van der Waals surface area contributed by atoms with E-state index in [0.717, 1.165) is 12.1 Å². The Morgan fingerprint density at radius 2 is 1.61 bits per heavy atom. The highest BCUT2D eigenvalue weighted by Crippen LogP contribution is 2.32. The Kier molecular flexibility index (Phi) is 7.56. The molecule has 2 N–H and O–H groups in total. The fourth-order valence-electron chi connectivity index (χ4n) is 3.55. The van der Waals surface area contributed by atoms with Gasteiger partial charge in [0.15, 0.2) is 11.5 Å². The summed E-state index contributed by atoms with van der Waals surface area (Å²) >= 11 is 0. The molecule has 1 heterocycles. The summed E-state index contributed by atoms with van der Waals surface area (Å²) in [6, 6.07) is 16.5. The molecular weight excluding hydrogens is 505 g/mol. The number of amides is 2. The molecule has 0 radical (unpaired) electrons. The summed E-state index contributed by atoms with van der Waals surface area (Å²) < 4.78 is 57.1. The lowest BCUT2D eigenvalue weighted by Gasteiger charge is -2.10. The van der Waals surface area contributed by atoms with Crippen molar-refractivity contribution in [1.29, 1.82) is 0 Å². The van der Waals surface area contributed by atoms with Crippen molar-refractivity contribution in [1.82, 2.24) is 0 Å². The fraction of sp³-hybridized carbons (Fsp3) is 0.111. The summed E-state index contributed by atoms with van der Waals surface area (Å²) in [7, 11) is 3.01. The van der Waals surface area contributed by atoms with Crippen molar-refractivity contribution in [2.45, 2.75) is 6.36 Å². The van der Waals surface area contributed by atoms with E-state index >= 15 is 0 Å². The quantitative estimate of drug-likeness (QED) is 0.263. The monoisotopic (exact) mass is 526 g/mol. The normalized spacial score (nSPS) is 11.4. The smallest absolute Gasteiger partial charge is 0.493 e. The van der Waals surface area contributed by atoms with Crippen molar-refractivity contribution in [3.05, 3.63) is 84.1 Å². The molecule has 11 heteroatoms. The lowest BCUT2D eigenvalue weighted by atomic mass is 10.1. The summed E-state index contributed by atoms with van der Waals surface area (Å²) in [5, 5.41) is 5.70. The van der Waals surface area contributed by atoms with Crippen LogP contribution in [0, 0.1) is 0 Å². The van der Waals surface area contributed by atoms with Crippen molar-refractivity contribution in [2.24, 2.45) is 0 Å². The summed E-state index contributed by atoms with van der Waals surface area (Å²) in [4.78, 5) is 25.8. The number of halogens is 3. The second-order valence-electron chi connectivity index (χ2n) is 7.77. The van der Waals surface area contributed by atoms with E-state index in [1.807, 2.05) is 0 Å². The molecule has 0 bridgehead atoms. The number of hydrogen-bond donors (Lipinski definition) is 2. The number of para-hydroxylation sites is 1. The van der Waals surface area contributed by atoms with E-state index in [1.165, 1.54) is 32.4 Å². The van der Waals surface area contributed by atoms with Crippen LogP contribution in [0.25, 0.3) is 17.0 Å². The molecule has 0 fully saturated rings. The first kappa shape index (κ1) is 26.1. The zero-order chi connectivity index (χ0) is 27.3. The Balaban J connectivity index is 1.54. The van der Waals surface area contributed by atoms with Gasteiger partial charge >= 0.3 is 6.36 Å². The minimum atomic E-state index is -4.83. The Morgan fingerprint density at radius 3 is 2.29 bits per heavy atom. The van der Waals surface area contributed by atoms with Crippen molar-refractivity contribution in [3.8, 4) is 17.2 Å². The van der Waals surface area contributed by atoms with E-state index in [1.54, 1.807) is 48.5 Å². The molecule has 2 amide bonds. The van der Waals surface area contributed by atoms with Crippen LogP contribution in [-0.4, -0.2) is 32.4 Å². The van der Waals surface area contributed by atoms with Gasteiger partial charge in [-0.05, 0) is 60.2 Å². The zero-order valence-electron chi connectivity index (χ0n) is 20.1. The molecular formula is C27H21F3N2O6. The summed E-state index contributed by atoms with van der Waals surface area (Å²) in [6.45, 7) is 0. The average Bonchev–Trinajstić information content (AvgIpc) is 3.26. The average molecular weight is 526 g/mol. The first-order valence-corrected chi connectivity index (χ1v) is 11.1. The Labute approximate surface area is 214 Å². The minimum absolute atomic E-state index is 0.136. The lowest BCUT2D eigenvalue weighted by molar-refractivity contribution is -0.274. The van der Waals surface area contributed by atoms with Crippen molar-refractivity contribution in [3.63, 3.8) is 0 Å². The highest BCUT2D eigenvalue weighted by molar-refractivity contribution is 6.16. The van der Waals surface area contributed by atoms with Crippen molar-refractivity contribution in [2.75, 3.05) is 24.9 Å². The van der Waals surface area contributed by atoms with E-state index in [2.05, 4.69) is 15.4 Å². The number of anilines is 2. The van der Waals surface area contributed by atoms with Gasteiger partial charge in [0.05, 0.1) is 14.2 Å². The number of alkyl halides is 3. The van der Waals surface area contributed by atoms with Gasteiger partial charge in [0.25, 0.3) is 5.91 Å². The van der Waals surface area contributed by atoms with Gasteiger partial charge < -0.3 is 29.3 Å². The van der Waals surface area contributed by atoms with Gasteiger partial charge in [-0.1, -0.05) is 18.2 Å². The number of nitrogens with one attached hydrogen (secondary N) is 2. The largest absolute Gasteiger partial charge is 0.573 e. The van der Waals surface area contributed by atoms with E-state index in [-0.39, 0.29) is 17.1 Å². The standard InChI is InChI=1S/C27H21F3N2O6/c1-35-21-13-7-16(15-22(21)36-2)8-14-23(33)32-24-19-5-3-4-6-20(19)37-25(24)26(34)31-17-9-11-18(12-10-17)38-27(28,29)30/h3-15H,1-2H3,(H,31,34)(H,32,33)/b14-8+. The molecule has 0 aliphatic carbocycles.